The molecule has 0 aliphatic carbocycles. The van der Waals surface area contributed by atoms with Gasteiger partial charge in [-0.05, 0) is 24.3 Å². The van der Waals surface area contributed by atoms with E-state index in [1.807, 2.05) is 12.1 Å². The lowest BCUT2D eigenvalue weighted by Gasteiger charge is -2.11. The Morgan fingerprint density at radius 1 is 1.08 bits per heavy atom. The van der Waals surface area contributed by atoms with Gasteiger partial charge in [0.1, 0.15) is 5.82 Å². The first-order valence-electron chi connectivity index (χ1n) is 7.27. The number of benzene rings is 2. The lowest BCUT2D eigenvalue weighted by atomic mass is 10.2. The third kappa shape index (κ3) is 2.31. The SMILES string of the molecule is CN(C)S(=O)(=O)c1ccc(-c2nc3cc4c(cc3[nH]2)OCO4)cc1. The maximum Gasteiger partial charge on any atom is 0.242 e. The Morgan fingerprint density at radius 2 is 1.75 bits per heavy atom. The summed E-state index contributed by atoms with van der Waals surface area (Å²) in [5, 5.41) is 0. The van der Waals surface area contributed by atoms with Crippen LogP contribution in [0.5, 0.6) is 11.5 Å². The number of imidazole rings is 1. The molecule has 4 rings (SSSR count). The molecule has 0 radical (unpaired) electrons. The fraction of sp³-hybridized carbons (Fsp3) is 0.188. The molecule has 8 heteroatoms. The molecule has 0 bridgehead atoms. The molecule has 1 N–H and O–H groups in total. The molecule has 0 amide bonds. The van der Waals surface area contributed by atoms with Gasteiger partial charge in [-0.3, -0.25) is 0 Å². The zero-order chi connectivity index (χ0) is 16.9. The van der Waals surface area contributed by atoms with Gasteiger partial charge in [-0.1, -0.05) is 0 Å². The first-order chi connectivity index (χ1) is 11.4. The topological polar surface area (TPSA) is 84.5 Å². The van der Waals surface area contributed by atoms with Crippen molar-refractivity contribution in [3.63, 3.8) is 0 Å². The number of hydrogen-bond acceptors (Lipinski definition) is 5. The molecule has 1 aliphatic heterocycles. The average molecular weight is 345 g/mol. The number of aromatic nitrogens is 2. The van der Waals surface area contributed by atoms with Crippen LogP contribution in [0.25, 0.3) is 22.4 Å². The first-order valence-corrected chi connectivity index (χ1v) is 8.71. The zero-order valence-corrected chi connectivity index (χ0v) is 13.9. The second-order valence-corrected chi connectivity index (χ2v) is 7.77. The normalized spacial score (nSPS) is 13.8. The monoisotopic (exact) mass is 345 g/mol. The van der Waals surface area contributed by atoms with E-state index >= 15 is 0 Å². The molecule has 0 atom stereocenters. The van der Waals surface area contributed by atoms with Gasteiger partial charge in [0.15, 0.2) is 11.5 Å². The maximum absolute atomic E-state index is 12.1. The van der Waals surface area contributed by atoms with Crippen LogP contribution in [-0.4, -0.2) is 43.6 Å². The number of rotatable bonds is 3. The molecular formula is C16H15N3O4S. The van der Waals surface area contributed by atoms with Gasteiger partial charge >= 0.3 is 0 Å². The Labute approximate surface area is 138 Å². The molecule has 0 saturated heterocycles. The number of H-pyrrole nitrogens is 1. The van der Waals surface area contributed by atoms with E-state index in [0.29, 0.717) is 17.3 Å². The van der Waals surface area contributed by atoms with Gasteiger partial charge in [-0.15, -0.1) is 0 Å². The Morgan fingerprint density at radius 3 is 2.42 bits per heavy atom. The van der Waals surface area contributed by atoms with E-state index in [-0.39, 0.29) is 11.7 Å². The Hall–Kier alpha value is -2.58. The summed E-state index contributed by atoms with van der Waals surface area (Å²) in [6, 6.07) is 10.3. The van der Waals surface area contributed by atoms with Crippen molar-refractivity contribution in [3.8, 4) is 22.9 Å². The fourth-order valence-electron chi connectivity index (χ4n) is 2.53. The summed E-state index contributed by atoms with van der Waals surface area (Å²) in [6.07, 6.45) is 0. The number of nitrogens with one attached hydrogen (secondary N) is 1. The predicted octanol–water partition coefficient (Wildman–Crippen LogP) is 2.21. The minimum absolute atomic E-state index is 0.219. The number of ether oxygens (including phenoxy) is 2. The minimum atomic E-state index is -3.44. The van der Waals surface area contributed by atoms with Crippen molar-refractivity contribution in [2.45, 2.75) is 4.90 Å². The van der Waals surface area contributed by atoms with Crippen LogP contribution in [0.1, 0.15) is 0 Å². The van der Waals surface area contributed by atoms with Crippen LogP contribution >= 0.6 is 0 Å². The molecule has 0 fully saturated rings. The van der Waals surface area contributed by atoms with E-state index in [2.05, 4.69) is 9.97 Å². The molecule has 2 heterocycles. The van der Waals surface area contributed by atoms with Crippen LogP contribution in [0, 0.1) is 0 Å². The van der Waals surface area contributed by atoms with E-state index in [1.54, 1.807) is 24.3 Å². The smallest absolute Gasteiger partial charge is 0.242 e. The van der Waals surface area contributed by atoms with Gasteiger partial charge in [-0.2, -0.15) is 0 Å². The standard InChI is InChI=1S/C16H15N3O4S/c1-19(2)24(20,21)11-5-3-10(4-6-11)16-17-12-7-14-15(23-9-22-14)8-13(12)18-16/h3-8H,9H2,1-2H3,(H,17,18). The Kier molecular flexibility index (Phi) is 3.26. The highest BCUT2D eigenvalue weighted by Crippen LogP contribution is 2.36. The number of sulfonamides is 1. The highest BCUT2D eigenvalue weighted by Gasteiger charge is 2.18. The number of hydrogen-bond donors (Lipinski definition) is 1. The molecule has 124 valence electrons. The van der Waals surface area contributed by atoms with Gasteiger partial charge in [0.05, 0.1) is 15.9 Å². The van der Waals surface area contributed by atoms with Crippen LogP contribution in [-0.2, 0) is 10.0 Å². The molecule has 24 heavy (non-hydrogen) atoms. The molecule has 3 aromatic rings. The van der Waals surface area contributed by atoms with Crippen molar-refractivity contribution in [3.05, 3.63) is 36.4 Å². The molecule has 0 saturated carbocycles. The first kappa shape index (κ1) is 15.0. The van der Waals surface area contributed by atoms with Gasteiger partial charge in [0.25, 0.3) is 0 Å². The molecule has 0 spiro atoms. The summed E-state index contributed by atoms with van der Waals surface area (Å²) < 4.78 is 36.1. The fourth-order valence-corrected chi connectivity index (χ4v) is 3.43. The third-order valence-corrected chi connectivity index (χ3v) is 5.71. The third-order valence-electron chi connectivity index (χ3n) is 3.88. The van der Waals surface area contributed by atoms with E-state index in [0.717, 1.165) is 16.6 Å². The summed E-state index contributed by atoms with van der Waals surface area (Å²) in [4.78, 5) is 8.00. The number of nitrogens with zero attached hydrogens (tertiary/aromatic N) is 2. The summed E-state index contributed by atoms with van der Waals surface area (Å²) >= 11 is 0. The highest BCUT2D eigenvalue weighted by atomic mass is 32.2. The van der Waals surface area contributed by atoms with E-state index in [4.69, 9.17) is 9.47 Å². The van der Waals surface area contributed by atoms with E-state index in [9.17, 15) is 8.42 Å². The van der Waals surface area contributed by atoms with Crippen molar-refractivity contribution in [1.82, 2.24) is 14.3 Å². The quantitative estimate of drug-likeness (QED) is 0.787. The van der Waals surface area contributed by atoms with Crippen LogP contribution in [0.3, 0.4) is 0 Å². The van der Waals surface area contributed by atoms with Gasteiger partial charge in [0.2, 0.25) is 16.8 Å². The molecule has 1 aromatic heterocycles. The zero-order valence-electron chi connectivity index (χ0n) is 13.1. The van der Waals surface area contributed by atoms with Gasteiger partial charge in [0, 0.05) is 31.8 Å². The summed E-state index contributed by atoms with van der Waals surface area (Å²) in [5.74, 6) is 2.01. The van der Waals surface area contributed by atoms with Crippen molar-refractivity contribution in [2.75, 3.05) is 20.9 Å². The molecule has 0 unspecified atom stereocenters. The van der Waals surface area contributed by atoms with Gasteiger partial charge in [-0.25, -0.2) is 17.7 Å². The highest BCUT2D eigenvalue weighted by molar-refractivity contribution is 7.89. The van der Waals surface area contributed by atoms with Crippen molar-refractivity contribution in [2.24, 2.45) is 0 Å². The lowest BCUT2D eigenvalue weighted by Crippen LogP contribution is -2.22. The molecule has 7 nitrogen and oxygen atoms in total. The van der Waals surface area contributed by atoms with Crippen LogP contribution in [0.2, 0.25) is 0 Å². The number of aromatic amines is 1. The van der Waals surface area contributed by atoms with Gasteiger partial charge < -0.3 is 14.5 Å². The van der Waals surface area contributed by atoms with Crippen molar-refractivity contribution in [1.29, 1.82) is 0 Å². The van der Waals surface area contributed by atoms with E-state index < -0.39 is 10.0 Å². The number of fused-ring (bicyclic) bond motifs is 2. The Balaban J connectivity index is 1.73. The lowest BCUT2D eigenvalue weighted by molar-refractivity contribution is 0.174. The minimum Gasteiger partial charge on any atom is -0.454 e. The average Bonchev–Trinajstić information content (AvgIpc) is 3.17. The maximum atomic E-state index is 12.1. The van der Waals surface area contributed by atoms with Crippen LogP contribution in [0.15, 0.2) is 41.3 Å². The van der Waals surface area contributed by atoms with Crippen LogP contribution < -0.4 is 9.47 Å². The van der Waals surface area contributed by atoms with Crippen molar-refractivity contribution >= 4 is 21.1 Å². The van der Waals surface area contributed by atoms with E-state index in [1.165, 1.54) is 18.4 Å². The second kappa shape index (κ2) is 5.22. The molecular weight excluding hydrogens is 330 g/mol. The summed E-state index contributed by atoms with van der Waals surface area (Å²) in [7, 11) is -0.426. The summed E-state index contributed by atoms with van der Waals surface area (Å²) in [5.41, 5.74) is 2.39. The Bertz CT molecular complexity index is 982. The summed E-state index contributed by atoms with van der Waals surface area (Å²) in [6.45, 7) is 0.219. The molecule has 1 aliphatic rings. The van der Waals surface area contributed by atoms with Crippen LogP contribution in [0.4, 0.5) is 0 Å². The van der Waals surface area contributed by atoms with Crippen molar-refractivity contribution < 1.29 is 17.9 Å². The predicted molar refractivity (Wildman–Crippen MR) is 88.5 cm³/mol. The second-order valence-electron chi connectivity index (χ2n) is 5.62. The largest absolute Gasteiger partial charge is 0.454 e. The molecule has 2 aromatic carbocycles.